The molecule has 1 saturated heterocycles. The molecule has 0 bridgehead atoms. The molecule has 3 heteroatoms. The van der Waals surface area contributed by atoms with E-state index in [1.807, 2.05) is 0 Å². The third-order valence-electron chi connectivity index (χ3n) is 3.83. The van der Waals surface area contributed by atoms with Crippen molar-refractivity contribution in [3.05, 3.63) is 0 Å². The second-order valence-corrected chi connectivity index (χ2v) is 4.86. The van der Waals surface area contributed by atoms with Crippen LogP contribution < -0.4 is 11.1 Å². The van der Waals surface area contributed by atoms with Crippen molar-refractivity contribution in [2.75, 3.05) is 6.54 Å². The summed E-state index contributed by atoms with van der Waals surface area (Å²) < 4.78 is 0. The van der Waals surface area contributed by atoms with E-state index in [-0.39, 0.29) is 17.4 Å². The zero-order chi connectivity index (χ0) is 10.0. The maximum Gasteiger partial charge on any atom is 0.220 e. The van der Waals surface area contributed by atoms with E-state index in [9.17, 15) is 4.79 Å². The summed E-state index contributed by atoms with van der Waals surface area (Å²) in [5, 5.41) is 3.61. The fourth-order valence-corrected chi connectivity index (χ4v) is 3.02. The van der Waals surface area contributed by atoms with Gasteiger partial charge in [0.15, 0.2) is 0 Å². The lowest BCUT2D eigenvalue weighted by molar-refractivity contribution is -0.123. The molecule has 14 heavy (non-hydrogen) atoms. The Labute approximate surface area is 85.4 Å². The SMILES string of the molecule is NC(=O)C1CCCC2(CCCCN2)C1. The van der Waals surface area contributed by atoms with Crippen molar-refractivity contribution in [3.63, 3.8) is 0 Å². The van der Waals surface area contributed by atoms with Crippen LogP contribution in [0.3, 0.4) is 0 Å². The zero-order valence-corrected chi connectivity index (χ0v) is 8.72. The van der Waals surface area contributed by atoms with E-state index >= 15 is 0 Å². The minimum Gasteiger partial charge on any atom is -0.369 e. The van der Waals surface area contributed by atoms with Crippen LogP contribution in [0.25, 0.3) is 0 Å². The first kappa shape index (κ1) is 9.97. The summed E-state index contributed by atoms with van der Waals surface area (Å²) in [5.41, 5.74) is 5.65. The molecule has 1 aliphatic heterocycles. The van der Waals surface area contributed by atoms with E-state index in [4.69, 9.17) is 5.73 Å². The average Bonchev–Trinajstić information content (AvgIpc) is 2.19. The molecule has 0 aromatic carbocycles. The van der Waals surface area contributed by atoms with Crippen LogP contribution in [0.15, 0.2) is 0 Å². The Balaban J connectivity index is 2.01. The number of amides is 1. The maximum absolute atomic E-state index is 11.2. The molecule has 3 N–H and O–H groups in total. The minimum absolute atomic E-state index is 0.101. The number of carbonyl (C=O) groups is 1. The van der Waals surface area contributed by atoms with Crippen molar-refractivity contribution in [1.29, 1.82) is 0 Å². The van der Waals surface area contributed by atoms with Gasteiger partial charge in [-0.25, -0.2) is 0 Å². The van der Waals surface area contributed by atoms with Gasteiger partial charge in [-0.1, -0.05) is 12.8 Å². The number of nitrogens with one attached hydrogen (secondary N) is 1. The molecule has 2 aliphatic rings. The van der Waals surface area contributed by atoms with Gasteiger partial charge in [0.2, 0.25) is 5.91 Å². The Morgan fingerprint density at radius 1 is 1.29 bits per heavy atom. The van der Waals surface area contributed by atoms with Crippen LogP contribution in [0.1, 0.15) is 44.9 Å². The van der Waals surface area contributed by atoms with Gasteiger partial charge in [0.05, 0.1) is 0 Å². The lowest BCUT2D eigenvalue weighted by Crippen LogP contribution is -2.52. The quantitative estimate of drug-likeness (QED) is 0.661. The van der Waals surface area contributed by atoms with Gasteiger partial charge in [0, 0.05) is 11.5 Å². The van der Waals surface area contributed by atoms with Gasteiger partial charge >= 0.3 is 0 Å². The van der Waals surface area contributed by atoms with E-state index < -0.39 is 0 Å². The van der Waals surface area contributed by atoms with Crippen LogP contribution >= 0.6 is 0 Å². The van der Waals surface area contributed by atoms with Gasteiger partial charge in [-0.15, -0.1) is 0 Å². The zero-order valence-electron chi connectivity index (χ0n) is 8.72. The van der Waals surface area contributed by atoms with E-state index in [2.05, 4.69) is 5.32 Å². The monoisotopic (exact) mass is 196 g/mol. The van der Waals surface area contributed by atoms with Crippen molar-refractivity contribution in [1.82, 2.24) is 5.32 Å². The molecule has 0 aromatic rings. The second-order valence-electron chi connectivity index (χ2n) is 4.86. The third kappa shape index (κ3) is 1.92. The first-order valence-electron chi connectivity index (χ1n) is 5.76. The summed E-state index contributed by atoms with van der Waals surface area (Å²) in [5.74, 6) is 0.0193. The van der Waals surface area contributed by atoms with Gasteiger partial charge < -0.3 is 11.1 Å². The van der Waals surface area contributed by atoms with Crippen molar-refractivity contribution in [2.45, 2.75) is 50.5 Å². The van der Waals surface area contributed by atoms with Crippen LogP contribution in [-0.4, -0.2) is 18.0 Å². The van der Waals surface area contributed by atoms with Crippen molar-refractivity contribution in [2.24, 2.45) is 11.7 Å². The van der Waals surface area contributed by atoms with Crippen molar-refractivity contribution in [3.8, 4) is 0 Å². The van der Waals surface area contributed by atoms with E-state index in [1.54, 1.807) is 0 Å². The Kier molecular flexibility index (Phi) is 2.77. The molecule has 1 amide bonds. The molecule has 2 rings (SSSR count). The highest BCUT2D eigenvalue weighted by Gasteiger charge is 2.38. The normalized spacial score (nSPS) is 38.4. The Morgan fingerprint density at radius 2 is 2.07 bits per heavy atom. The predicted octanol–water partition coefficient (Wildman–Crippen LogP) is 1.17. The molecular formula is C11H20N2O. The Hall–Kier alpha value is -0.570. The molecule has 2 unspecified atom stereocenters. The Bertz CT molecular complexity index is 216. The molecule has 2 atom stereocenters. The number of rotatable bonds is 1. The fourth-order valence-electron chi connectivity index (χ4n) is 3.02. The highest BCUT2D eigenvalue weighted by Crippen LogP contribution is 2.37. The van der Waals surface area contributed by atoms with Gasteiger partial charge in [0.25, 0.3) is 0 Å². The number of carbonyl (C=O) groups excluding carboxylic acids is 1. The third-order valence-corrected chi connectivity index (χ3v) is 3.83. The standard InChI is InChI=1S/C11H20N2O/c12-10(14)9-4-3-6-11(8-9)5-1-2-7-13-11/h9,13H,1-8H2,(H2,12,14). The first-order chi connectivity index (χ1) is 6.72. The van der Waals surface area contributed by atoms with Crippen molar-refractivity contribution >= 4 is 5.91 Å². The fraction of sp³-hybridized carbons (Fsp3) is 0.909. The summed E-state index contributed by atoms with van der Waals surface area (Å²) in [6.45, 7) is 1.12. The van der Waals surface area contributed by atoms with Gasteiger partial charge in [-0.2, -0.15) is 0 Å². The van der Waals surface area contributed by atoms with E-state index in [1.165, 1.54) is 25.7 Å². The molecule has 1 spiro atoms. The molecule has 1 saturated carbocycles. The molecular weight excluding hydrogens is 176 g/mol. The van der Waals surface area contributed by atoms with Crippen LogP contribution in [0.2, 0.25) is 0 Å². The average molecular weight is 196 g/mol. The summed E-state index contributed by atoms with van der Waals surface area (Å²) in [7, 11) is 0. The summed E-state index contributed by atoms with van der Waals surface area (Å²) >= 11 is 0. The second kappa shape index (κ2) is 3.89. The van der Waals surface area contributed by atoms with Crippen molar-refractivity contribution < 1.29 is 4.79 Å². The largest absolute Gasteiger partial charge is 0.369 e. The number of primary amides is 1. The van der Waals surface area contributed by atoms with Crippen LogP contribution in [-0.2, 0) is 4.79 Å². The smallest absolute Gasteiger partial charge is 0.220 e. The predicted molar refractivity (Wildman–Crippen MR) is 55.7 cm³/mol. The topological polar surface area (TPSA) is 55.1 Å². The van der Waals surface area contributed by atoms with E-state index in [0.29, 0.717) is 0 Å². The first-order valence-corrected chi connectivity index (χ1v) is 5.76. The minimum atomic E-state index is -0.101. The molecule has 3 nitrogen and oxygen atoms in total. The van der Waals surface area contributed by atoms with Crippen LogP contribution in [0.4, 0.5) is 0 Å². The molecule has 0 radical (unpaired) electrons. The summed E-state index contributed by atoms with van der Waals surface area (Å²) in [6.07, 6.45) is 8.18. The molecule has 80 valence electrons. The van der Waals surface area contributed by atoms with E-state index in [0.717, 1.165) is 25.8 Å². The Morgan fingerprint density at radius 3 is 2.71 bits per heavy atom. The maximum atomic E-state index is 11.2. The lowest BCUT2D eigenvalue weighted by Gasteiger charge is -2.43. The highest BCUT2D eigenvalue weighted by atomic mass is 16.1. The molecule has 2 fully saturated rings. The lowest BCUT2D eigenvalue weighted by atomic mass is 9.71. The van der Waals surface area contributed by atoms with Crippen LogP contribution in [0.5, 0.6) is 0 Å². The summed E-state index contributed by atoms with van der Waals surface area (Å²) in [4.78, 5) is 11.2. The van der Waals surface area contributed by atoms with Gasteiger partial charge in [-0.3, -0.25) is 4.79 Å². The highest BCUT2D eigenvalue weighted by molar-refractivity contribution is 5.76. The number of piperidine rings is 1. The number of nitrogens with two attached hydrogens (primary N) is 1. The molecule has 0 aromatic heterocycles. The summed E-state index contributed by atoms with van der Waals surface area (Å²) in [6, 6.07) is 0. The number of hydrogen-bond donors (Lipinski definition) is 2. The molecule has 1 heterocycles. The molecule has 1 aliphatic carbocycles. The number of hydrogen-bond acceptors (Lipinski definition) is 2. The van der Waals surface area contributed by atoms with Gasteiger partial charge in [0.1, 0.15) is 0 Å². The van der Waals surface area contributed by atoms with Gasteiger partial charge in [-0.05, 0) is 38.6 Å². The van der Waals surface area contributed by atoms with Crippen LogP contribution in [0, 0.1) is 5.92 Å².